The van der Waals surface area contributed by atoms with E-state index in [1.165, 1.54) is 6.33 Å². The number of anilines is 2. The Balaban J connectivity index is 2.44. The molecule has 0 spiro atoms. The quantitative estimate of drug-likeness (QED) is 0.897. The van der Waals surface area contributed by atoms with Gasteiger partial charge in [0, 0.05) is 0 Å². The number of aromatic nitrogens is 4. The first-order valence-electron chi connectivity index (χ1n) is 6.10. The lowest BCUT2D eigenvalue weighted by atomic mass is 10.0. The van der Waals surface area contributed by atoms with Crippen molar-refractivity contribution < 1.29 is 0 Å². The van der Waals surface area contributed by atoms with Gasteiger partial charge in [0.05, 0.1) is 23.8 Å². The summed E-state index contributed by atoms with van der Waals surface area (Å²) in [7, 11) is 0. The monoisotopic (exact) mass is 254 g/mol. The smallest absolute Gasteiger partial charge is 0.171 e. The van der Waals surface area contributed by atoms with Crippen LogP contribution in [0, 0.1) is 11.3 Å². The zero-order chi connectivity index (χ0) is 13.7. The summed E-state index contributed by atoms with van der Waals surface area (Å²) < 4.78 is 0. The number of hydrogen-bond acceptors (Lipinski definition) is 6. The van der Waals surface area contributed by atoms with Crippen LogP contribution in [-0.4, -0.2) is 20.2 Å². The maximum atomic E-state index is 9.34. The molecule has 96 valence electrons. The average molecular weight is 254 g/mol. The van der Waals surface area contributed by atoms with Gasteiger partial charge in [-0.25, -0.2) is 9.97 Å². The van der Waals surface area contributed by atoms with Crippen LogP contribution in [0.25, 0.3) is 0 Å². The number of nitriles is 1. The minimum atomic E-state index is 0.450. The van der Waals surface area contributed by atoms with E-state index in [1.54, 1.807) is 12.4 Å². The zero-order valence-electron chi connectivity index (χ0n) is 10.9. The second kappa shape index (κ2) is 5.87. The molecule has 0 amide bonds. The Kier molecular flexibility index (Phi) is 3.98. The van der Waals surface area contributed by atoms with Crippen molar-refractivity contribution in [2.45, 2.75) is 26.7 Å². The predicted octanol–water partition coefficient (Wildman–Crippen LogP) is 2.01. The van der Waals surface area contributed by atoms with Crippen molar-refractivity contribution in [3.63, 3.8) is 0 Å². The van der Waals surface area contributed by atoms with Crippen molar-refractivity contribution in [2.24, 2.45) is 0 Å². The topological polar surface area (TPSA) is 87.4 Å². The Labute approximate surface area is 111 Å². The number of rotatable bonds is 4. The fourth-order valence-electron chi connectivity index (χ4n) is 1.88. The van der Waals surface area contributed by atoms with Crippen LogP contribution < -0.4 is 5.32 Å². The van der Waals surface area contributed by atoms with Crippen molar-refractivity contribution in [3.8, 4) is 6.07 Å². The van der Waals surface area contributed by atoms with Crippen molar-refractivity contribution in [1.29, 1.82) is 5.26 Å². The first-order chi connectivity index (χ1) is 9.30. The normalized spacial score (nSPS) is 9.95. The summed E-state index contributed by atoms with van der Waals surface area (Å²) in [6.45, 7) is 4.01. The summed E-state index contributed by atoms with van der Waals surface area (Å²) in [6, 6.07) is 2.20. The molecule has 0 aliphatic carbocycles. The SMILES string of the molecule is CCc1nnc(Nc2cncnc2)c(C#N)c1CC. The molecule has 0 bridgehead atoms. The van der Waals surface area contributed by atoms with Crippen LogP contribution in [0.5, 0.6) is 0 Å². The summed E-state index contributed by atoms with van der Waals surface area (Å²) in [5.41, 5.74) is 3.03. The molecule has 0 aliphatic heterocycles. The molecule has 0 atom stereocenters. The van der Waals surface area contributed by atoms with Gasteiger partial charge in [0.2, 0.25) is 0 Å². The third kappa shape index (κ3) is 2.65. The standard InChI is InChI=1S/C13H14N6/c1-3-10-11(5-14)13(19-18-12(10)4-2)17-9-6-15-8-16-7-9/h6-8H,3-4H2,1-2H3,(H,17,19). The fourth-order valence-corrected chi connectivity index (χ4v) is 1.88. The van der Waals surface area contributed by atoms with Crippen molar-refractivity contribution >= 4 is 11.5 Å². The molecule has 0 unspecified atom stereocenters. The van der Waals surface area contributed by atoms with E-state index >= 15 is 0 Å². The van der Waals surface area contributed by atoms with E-state index < -0.39 is 0 Å². The molecule has 0 aliphatic rings. The third-order valence-corrected chi connectivity index (χ3v) is 2.78. The molecular weight excluding hydrogens is 240 g/mol. The minimum absolute atomic E-state index is 0.450. The van der Waals surface area contributed by atoms with Gasteiger partial charge in [-0.2, -0.15) is 10.4 Å². The highest BCUT2D eigenvalue weighted by Gasteiger charge is 2.14. The second-order valence-corrected chi connectivity index (χ2v) is 3.92. The molecule has 2 rings (SSSR count). The van der Waals surface area contributed by atoms with Crippen LogP contribution in [-0.2, 0) is 12.8 Å². The van der Waals surface area contributed by atoms with Crippen LogP contribution in [0.1, 0.15) is 30.7 Å². The number of aryl methyl sites for hydroxylation is 1. The van der Waals surface area contributed by atoms with Gasteiger partial charge in [0.25, 0.3) is 0 Å². The van der Waals surface area contributed by atoms with Gasteiger partial charge >= 0.3 is 0 Å². The van der Waals surface area contributed by atoms with E-state index in [0.717, 1.165) is 24.1 Å². The Bertz CT molecular complexity index is 603. The predicted molar refractivity (Wildman–Crippen MR) is 70.8 cm³/mol. The van der Waals surface area contributed by atoms with Crippen LogP contribution in [0.15, 0.2) is 18.7 Å². The molecule has 2 aromatic heterocycles. The highest BCUT2D eigenvalue weighted by Crippen LogP contribution is 2.22. The number of hydrogen-bond donors (Lipinski definition) is 1. The molecule has 0 aromatic carbocycles. The van der Waals surface area contributed by atoms with Crippen molar-refractivity contribution in [2.75, 3.05) is 5.32 Å². The molecule has 0 radical (unpaired) electrons. The number of nitrogens with one attached hydrogen (secondary N) is 1. The lowest BCUT2D eigenvalue weighted by Gasteiger charge is -2.11. The highest BCUT2D eigenvalue weighted by molar-refractivity contribution is 5.63. The molecule has 6 nitrogen and oxygen atoms in total. The minimum Gasteiger partial charge on any atom is -0.335 e. The summed E-state index contributed by atoms with van der Waals surface area (Å²) in [6.07, 6.45) is 6.20. The Hall–Kier alpha value is -2.55. The van der Waals surface area contributed by atoms with Gasteiger partial charge in [-0.3, -0.25) is 0 Å². The lowest BCUT2D eigenvalue weighted by molar-refractivity contribution is 0.877. The Morgan fingerprint density at radius 2 is 1.89 bits per heavy atom. The van der Waals surface area contributed by atoms with Crippen LogP contribution >= 0.6 is 0 Å². The maximum absolute atomic E-state index is 9.34. The van der Waals surface area contributed by atoms with Crippen LogP contribution in [0.2, 0.25) is 0 Å². The van der Waals surface area contributed by atoms with E-state index in [4.69, 9.17) is 0 Å². The molecule has 6 heteroatoms. The van der Waals surface area contributed by atoms with Crippen LogP contribution in [0.4, 0.5) is 11.5 Å². The van der Waals surface area contributed by atoms with Gasteiger partial charge in [0.15, 0.2) is 5.82 Å². The van der Waals surface area contributed by atoms with E-state index in [9.17, 15) is 5.26 Å². The molecule has 0 saturated carbocycles. The highest BCUT2D eigenvalue weighted by atomic mass is 15.2. The van der Waals surface area contributed by atoms with Gasteiger partial charge < -0.3 is 5.32 Å². The fraction of sp³-hybridized carbons (Fsp3) is 0.308. The molecule has 2 aromatic rings. The van der Waals surface area contributed by atoms with Crippen molar-refractivity contribution in [1.82, 2.24) is 20.2 Å². The van der Waals surface area contributed by atoms with Gasteiger partial charge in [0.1, 0.15) is 18.0 Å². The summed E-state index contributed by atoms with van der Waals surface area (Å²) >= 11 is 0. The lowest BCUT2D eigenvalue weighted by Crippen LogP contribution is -2.07. The zero-order valence-corrected chi connectivity index (χ0v) is 10.9. The van der Waals surface area contributed by atoms with Crippen molar-refractivity contribution in [3.05, 3.63) is 35.5 Å². The first-order valence-corrected chi connectivity index (χ1v) is 6.10. The average Bonchev–Trinajstić information content (AvgIpc) is 2.47. The maximum Gasteiger partial charge on any atom is 0.171 e. The van der Waals surface area contributed by atoms with E-state index in [0.29, 0.717) is 17.1 Å². The Morgan fingerprint density at radius 3 is 2.47 bits per heavy atom. The number of nitrogens with zero attached hydrogens (tertiary/aromatic N) is 5. The van der Waals surface area contributed by atoms with Crippen LogP contribution in [0.3, 0.4) is 0 Å². The molecule has 0 saturated heterocycles. The third-order valence-electron chi connectivity index (χ3n) is 2.78. The second-order valence-electron chi connectivity index (χ2n) is 3.92. The summed E-state index contributed by atoms with van der Waals surface area (Å²) in [5, 5.41) is 20.6. The van der Waals surface area contributed by atoms with E-state index in [-0.39, 0.29) is 0 Å². The van der Waals surface area contributed by atoms with Gasteiger partial charge in [-0.1, -0.05) is 13.8 Å². The van der Waals surface area contributed by atoms with E-state index in [2.05, 4.69) is 31.6 Å². The molecule has 2 heterocycles. The molecule has 19 heavy (non-hydrogen) atoms. The molecule has 0 fully saturated rings. The van der Waals surface area contributed by atoms with Gasteiger partial charge in [-0.15, -0.1) is 5.10 Å². The van der Waals surface area contributed by atoms with Gasteiger partial charge in [-0.05, 0) is 18.4 Å². The summed E-state index contributed by atoms with van der Waals surface area (Å²) in [5.74, 6) is 0.450. The molecule has 1 N–H and O–H groups in total. The first kappa shape index (κ1) is 12.9. The van der Waals surface area contributed by atoms with E-state index in [1.807, 2.05) is 13.8 Å². The molecular formula is C13H14N6. The largest absolute Gasteiger partial charge is 0.335 e. The Morgan fingerprint density at radius 1 is 1.16 bits per heavy atom. The summed E-state index contributed by atoms with van der Waals surface area (Å²) in [4.78, 5) is 7.82.